The number of likely N-dealkylation sites (N-methyl/N-ethyl adjacent to an activating group) is 1. The summed E-state index contributed by atoms with van der Waals surface area (Å²) in [6.07, 6.45) is -1.46. The predicted molar refractivity (Wildman–Crippen MR) is 158 cm³/mol. The summed E-state index contributed by atoms with van der Waals surface area (Å²) in [4.78, 5) is 54.1. The van der Waals surface area contributed by atoms with Gasteiger partial charge in [0.15, 0.2) is 17.0 Å². The number of ketones is 2. The van der Waals surface area contributed by atoms with Crippen molar-refractivity contribution in [1.29, 1.82) is 5.26 Å². The van der Waals surface area contributed by atoms with Crippen LogP contribution < -0.4 is 28.3 Å². The number of benzene rings is 1. The molecule has 1 fully saturated rings. The molecule has 0 heterocycles. The molecule has 0 saturated heterocycles. The molecule has 13 N–H and O–H groups in total. The van der Waals surface area contributed by atoms with Crippen LogP contribution in [0.25, 0.3) is 5.76 Å². The van der Waals surface area contributed by atoms with E-state index < -0.39 is 98.1 Å². The molecule has 1 aromatic rings. The number of carbonyl (C=O) groups is 4. The molecule has 1 aromatic carbocycles. The summed E-state index contributed by atoms with van der Waals surface area (Å²) in [5.41, 5.74) is 14.4. The van der Waals surface area contributed by atoms with Gasteiger partial charge in [0.25, 0.3) is 5.91 Å². The number of amides is 1. The second kappa shape index (κ2) is 11.1. The van der Waals surface area contributed by atoms with Crippen molar-refractivity contribution in [3.63, 3.8) is 0 Å². The molecule has 0 bridgehead atoms. The van der Waals surface area contributed by atoms with Crippen molar-refractivity contribution in [2.45, 2.75) is 62.0 Å². The number of nitrogens with two attached hydrogens (primary N) is 4. The number of rotatable bonds is 8. The Morgan fingerprint density at radius 2 is 1.80 bits per heavy atom. The minimum Gasteiger partial charge on any atom is -0.509 e. The van der Waals surface area contributed by atoms with Crippen molar-refractivity contribution in [1.82, 2.24) is 4.90 Å². The number of nitrogens with one attached hydrogen (secondary N) is 1. The number of aromatic hydroxyl groups is 1. The molecule has 0 aliphatic heterocycles. The fourth-order valence-corrected chi connectivity index (χ4v) is 6.96. The van der Waals surface area contributed by atoms with Gasteiger partial charge >= 0.3 is 5.97 Å². The summed E-state index contributed by atoms with van der Waals surface area (Å²) >= 11 is 0. The van der Waals surface area contributed by atoms with E-state index in [1.54, 1.807) is 13.0 Å². The molecule has 4 rings (SSSR count). The smallest absolute Gasteiger partial charge is 0.328 e. The van der Waals surface area contributed by atoms with Gasteiger partial charge in [-0.15, -0.1) is 0 Å². The number of nitrogens with zero attached hydrogens (tertiary/aromatic N) is 2. The van der Waals surface area contributed by atoms with Crippen LogP contribution in [0.15, 0.2) is 29.0 Å². The van der Waals surface area contributed by atoms with Crippen LogP contribution in [-0.2, 0) is 23.9 Å². The number of anilines is 1. The first-order valence-corrected chi connectivity index (χ1v) is 14.1. The lowest BCUT2D eigenvalue weighted by atomic mass is 9.45. The Morgan fingerprint density at radius 1 is 1.18 bits per heavy atom. The van der Waals surface area contributed by atoms with Crippen molar-refractivity contribution < 1.29 is 44.3 Å². The van der Waals surface area contributed by atoms with E-state index in [4.69, 9.17) is 27.7 Å². The van der Waals surface area contributed by atoms with Crippen LogP contribution >= 0.6 is 0 Å². The van der Waals surface area contributed by atoms with E-state index in [-0.39, 0.29) is 17.9 Å². The van der Waals surface area contributed by atoms with Crippen LogP contribution in [0.4, 0.5) is 5.69 Å². The van der Waals surface area contributed by atoms with Gasteiger partial charge in [-0.25, -0.2) is 4.79 Å². The number of fused-ring (bicyclic) bond motifs is 3. The molecule has 3 aliphatic carbocycles. The Bertz CT molecular complexity index is 1620. The highest BCUT2D eigenvalue weighted by Crippen LogP contribution is 2.60. The number of phenols is 1. The van der Waals surface area contributed by atoms with E-state index in [0.717, 1.165) is 4.90 Å². The second-order valence-corrected chi connectivity index (χ2v) is 11.6. The highest BCUT2D eigenvalue weighted by atomic mass is 16.5. The molecule has 16 heteroatoms. The van der Waals surface area contributed by atoms with Gasteiger partial charge in [-0.05, 0) is 39.1 Å². The van der Waals surface area contributed by atoms with Gasteiger partial charge in [-0.3, -0.25) is 19.3 Å². The zero-order valence-corrected chi connectivity index (χ0v) is 25.1. The molecule has 16 nitrogen and oxygen atoms in total. The van der Waals surface area contributed by atoms with Crippen molar-refractivity contribution in [3.05, 3.63) is 40.2 Å². The average molecular weight is 628 g/mol. The predicted octanol–water partition coefficient (Wildman–Crippen LogP) is -1.52. The maximum Gasteiger partial charge on any atom is 0.328 e. The second-order valence-electron chi connectivity index (χ2n) is 11.6. The van der Waals surface area contributed by atoms with Crippen LogP contribution in [0.1, 0.15) is 43.9 Å². The molecule has 7 atom stereocenters. The summed E-state index contributed by atoms with van der Waals surface area (Å²) in [5, 5.41) is 59.7. The number of hydrogen-bond donors (Lipinski definition) is 9. The highest BCUT2D eigenvalue weighted by molar-refractivity contribution is 6.26. The van der Waals surface area contributed by atoms with Crippen LogP contribution in [-0.4, -0.2) is 98.7 Å². The minimum absolute atomic E-state index is 0.0639. The van der Waals surface area contributed by atoms with Gasteiger partial charge in [0, 0.05) is 0 Å². The lowest BCUT2D eigenvalue weighted by Gasteiger charge is -2.62. The number of phenolic OH excluding ortho intramolecular Hbond substituents is 1. The summed E-state index contributed by atoms with van der Waals surface area (Å²) in [5.74, 6) is -7.87. The first kappa shape index (κ1) is 33.4. The van der Waals surface area contributed by atoms with E-state index in [0.29, 0.717) is 12.8 Å². The Morgan fingerprint density at radius 3 is 2.31 bits per heavy atom. The molecule has 1 unspecified atom stereocenters. The van der Waals surface area contributed by atoms with Gasteiger partial charge in [0.05, 0.1) is 47.1 Å². The Kier molecular flexibility index (Phi) is 8.25. The third-order valence-corrected chi connectivity index (χ3v) is 9.04. The quantitative estimate of drug-likeness (QED) is 0.0897. The molecule has 242 valence electrons. The van der Waals surface area contributed by atoms with Crippen LogP contribution in [0, 0.1) is 16.7 Å². The molecule has 3 aliphatic rings. The summed E-state index contributed by atoms with van der Waals surface area (Å²) in [6.45, 7) is 3.56. The van der Waals surface area contributed by atoms with E-state index in [1.165, 1.54) is 26.2 Å². The molecule has 0 aromatic heterocycles. The first-order chi connectivity index (χ1) is 21.0. The SMILES string of the molecule is CCCC(Nc1ccc2c(c1O)C(O)=C1C(=O)[C@]3(C#N)C(O)=C(C(N)=O)C(=O)[C@@H](N(C)C)[C@]3(N)[C@@H](O)[C@]1(N)[C@H]2N)C(=O)OCC. The number of primary amides is 1. The van der Waals surface area contributed by atoms with Crippen molar-refractivity contribution in [2.75, 3.05) is 26.0 Å². The van der Waals surface area contributed by atoms with E-state index in [1.807, 2.05) is 6.92 Å². The zero-order chi connectivity index (χ0) is 34.0. The van der Waals surface area contributed by atoms with Gasteiger partial charge in [0.2, 0.25) is 0 Å². The summed E-state index contributed by atoms with van der Waals surface area (Å²) < 4.78 is 5.10. The Hall–Kier alpha value is -4.53. The molecule has 0 spiro atoms. The number of nitriles is 1. The molecule has 45 heavy (non-hydrogen) atoms. The zero-order valence-electron chi connectivity index (χ0n) is 25.1. The van der Waals surface area contributed by atoms with Crippen molar-refractivity contribution in [2.24, 2.45) is 28.3 Å². The van der Waals surface area contributed by atoms with E-state index in [2.05, 4.69) is 5.32 Å². The highest BCUT2D eigenvalue weighted by Gasteiger charge is 2.79. The standard InChI is InChI=1S/C29H37N7O9/c1-5-7-13(25(43)45-6-2)35-12-9-8-11-14(17(12)37)18(38)16-23(41)27(10-30)22(40)15(24(32)42)19(39)21(36(3)4)29(27,34)26(44)28(16,33)20(11)31/h8-9,13,20-21,26,35,37-38,40,44H,5-7,31,33-34H2,1-4H3,(H2,32,42)/t13?,20-,21+,26-,27-,28+,29-/m0/s1. The lowest BCUT2D eigenvalue weighted by Crippen LogP contribution is -2.87. The number of esters is 1. The fourth-order valence-electron chi connectivity index (χ4n) is 6.96. The number of aliphatic hydroxyl groups excluding tert-OH is 3. The third-order valence-electron chi connectivity index (χ3n) is 9.04. The van der Waals surface area contributed by atoms with Crippen LogP contribution in [0.3, 0.4) is 0 Å². The molecular formula is C29H37N7O9. The summed E-state index contributed by atoms with van der Waals surface area (Å²) in [7, 11) is 2.63. The first-order valence-electron chi connectivity index (χ1n) is 14.1. The molecule has 1 saturated carbocycles. The average Bonchev–Trinajstić information content (AvgIpc) is 2.95. The number of ether oxygens (including phenoxy) is 1. The van der Waals surface area contributed by atoms with Crippen molar-refractivity contribution in [3.8, 4) is 11.8 Å². The Balaban J connectivity index is 2.05. The largest absolute Gasteiger partial charge is 0.509 e. The lowest BCUT2D eigenvalue weighted by molar-refractivity contribution is -0.153. The normalized spacial score (nSPS) is 31.5. The number of hydrogen-bond acceptors (Lipinski definition) is 15. The van der Waals surface area contributed by atoms with E-state index >= 15 is 0 Å². The van der Waals surface area contributed by atoms with E-state index in [9.17, 15) is 44.9 Å². The van der Waals surface area contributed by atoms with Gasteiger partial charge in [-0.1, -0.05) is 19.4 Å². The maximum atomic E-state index is 14.5. The molecule has 0 radical (unpaired) electrons. The number of carbonyl (C=O) groups excluding carboxylic acids is 4. The minimum atomic E-state index is -3.09. The van der Waals surface area contributed by atoms with Gasteiger partial charge in [0.1, 0.15) is 40.5 Å². The summed E-state index contributed by atoms with van der Waals surface area (Å²) in [6, 6.07) is -0.0950. The maximum absolute atomic E-state index is 14.5. The van der Waals surface area contributed by atoms with Gasteiger partial charge < -0.3 is 53.4 Å². The molecule has 1 amide bonds. The van der Waals surface area contributed by atoms with Crippen LogP contribution in [0.5, 0.6) is 5.75 Å². The number of aliphatic hydroxyl groups is 3. The van der Waals surface area contributed by atoms with Gasteiger partial charge in [-0.2, -0.15) is 5.26 Å². The monoisotopic (exact) mass is 627 g/mol. The molecular weight excluding hydrogens is 590 g/mol. The van der Waals surface area contributed by atoms with Crippen LogP contribution in [0.2, 0.25) is 0 Å². The third kappa shape index (κ3) is 4.09. The number of Topliss-reactive ketones (excluding diaryl/α,β-unsaturated/α-hetero) is 2. The Labute approximate surface area is 257 Å². The van der Waals surface area contributed by atoms with Crippen molar-refractivity contribution >= 4 is 34.9 Å². The topological polar surface area (TPSA) is 302 Å². The fraction of sp³-hybridized carbons (Fsp3) is 0.483.